The lowest BCUT2D eigenvalue weighted by atomic mass is 9.83. The zero-order valence-electron chi connectivity index (χ0n) is 7.39. The predicted octanol–water partition coefficient (Wildman–Crippen LogP) is 2.69. The third kappa shape index (κ3) is 1.04. The standard InChI is InChI=1S/C11H12ClN/c12-9-3-1-2-8(6-9)11-5-4-10(7-11)13-11/h1-3,6,10,13H,4-5,7H2. The minimum Gasteiger partial charge on any atom is -0.304 e. The van der Waals surface area contributed by atoms with Crippen LogP contribution in [0.25, 0.3) is 0 Å². The normalized spacial score (nSPS) is 35.9. The van der Waals surface area contributed by atoms with Crippen molar-refractivity contribution in [3.8, 4) is 0 Å². The summed E-state index contributed by atoms with van der Waals surface area (Å²) in [5.41, 5.74) is 1.66. The van der Waals surface area contributed by atoms with Gasteiger partial charge in [-0.25, -0.2) is 0 Å². The van der Waals surface area contributed by atoms with Gasteiger partial charge in [-0.1, -0.05) is 23.7 Å². The van der Waals surface area contributed by atoms with Crippen LogP contribution in [0.3, 0.4) is 0 Å². The number of nitrogens with one attached hydrogen (secondary N) is 1. The van der Waals surface area contributed by atoms with Gasteiger partial charge in [0, 0.05) is 16.6 Å². The molecule has 1 saturated carbocycles. The summed E-state index contributed by atoms with van der Waals surface area (Å²) in [6, 6.07) is 9.03. The van der Waals surface area contributed by atoms with Gasteiger partial charge in [-0.2, -0.15) is 0 Å². The van der Waals surface area contributed by atoms with E-state index >= 15 is 0 Å². The van der Waals surface area contributed by atoms with Crippen molar-refractivity contribution in [3.05, 3.63) is 34.9 Å². The van der Waals surface area contributed by atoms with E-state index in [2.05, 4.69) is 17.4 Å². The maximum absolute atomic E-state index is 5.97. The Balaban J connectivity index is 2.00. The van der Waals surface area contributed by atoms with Crippen molar-refractivity contribution in [2.45, 2.75) is 30.8 Å². The van der Waals surface area contributed by atoms with Crippen LogP contribution in [0.2, 0.25) is 5.02 Å². The molecule has 0 amide bonds. The van der Waals surface area contributed by atoms with Crippen LogP contribution in [0.1, 0.15) is 24.8 Å². The van der Waals surface area contributed by atoms with Crippen LogP contribution < -0.4 is 5.32 Å². The van der Waals surface area contributed by atoms with Crippen LogP contribution in [0.4, 0.5) is 0 Å². The molecule has 4 rings (SSSR count). The fraction of sp³-hybridized carbons (Fsp3) is 0.455. The molecule has 3 aliphatic rings. The molecule has 1 aromatic rings. The van der Waals surface area contributed by atoms with Gasteiger partial charge in [0.2, 0.25) is 0 Å². The Labute approximate surface area is 83.1 Å². The van der Waals surface area contributed by atoms with Crippen LogP contribution in [0.15, 0.2) is 24.3 Å². The number of halogens is 1. The van der Waals surface area contributed by atoms with Gasteiger partial charge < -0.3 is 5.32 Å². The van der Waals surface area contributed by atoms with Crippen LogP contribution in [-0.2, 0) is 5.54 Å². The van der Waals surface area contributed by atoms with Crippen LogP contribution >= 0.6 is 11.6 Å². The lowest BCUT2D eigenvalue weighted by Gasteiger charge is -2.40. The Morgan fingerprint density at radius 3 is 2.92 bits per heavy atom. The lowest BCUT2D eigenvalue weighted by Crippen LogP contribution is -2.53. The molecule has 2 heteroatoms. The molecule has 3 fully saturated rings. The summed E-state index contributed by atoms with van der Waals surface area (Å²) in [5, 5.41) is 4.47. The first-order chi connectivity index (χ1) is 6.28. The highest BCUT2D eigenvalue weighted by molar-refractivity contribution is 6.30. The van der Waals surface area contributed by atoms with E-state index in [4.69, 9.17) is 11.6 Å². The highest BCUT2D eigenvalue weighted by atomic mass is 35.5. The van der Waals surface area contributed by atoms with Crippen molar-refractivity contribution in [1.29, 1.82) is 0 Å². The summed E-state index contributed by atoms with van der Waals surface area (Å²) < 4.78 is 0. The Kier molecular flexibility index (Phi) is 1.50. The highest BCUT2D eigenvalue weighted by Crippen LogP contribution is 2.48. The quantitative estimate of drug-likeness (QED) is 0.723. The second-order valence-electron chi connectivity index (χ2n) is 4.18. The van der Waals surface area contributed by atoms with E-state index in [9.17, 15) is 0 Å². The molecule has 2 aliphatic heterocycles. The second-order valence-corrected chi connectivity index (χ2v) is 4.61. The molecule has 1 aromatic carbocycles. The van der Waals surface area contributed by atoms with Crippen molar-refractivity contribution < 1.29 is 0 Å². The van der Waals surface area contributed by atoms with Gasteiger partial charge >= 0.3 is 0 Å². The molecule has 2 heterocycles. The van der Waals surface area contributed by atoms with Gasteiger partial charge in [0.05, 0.1) is 0 Å². The Bertz CT molecular complexity index is 336. The second kappa shape index (κ2) is 2.49. The predicted molar refractivity (Wildman–Crippen MR) is 53.9 cm³/mol. The van der Waals surface area contributed by atoms with Gasteiger partial charge in [0.25, 0.3) is 0 Å². The van der Waals surface area contributed by atoms with Crippen molar-refractivity contribution in [3.63, 3.8) is 0 Å². The summed E-state index contributed by atoms with van der Waals surface area (Å²) in [4.78, 5) is 0. The minimum atomic E-state index is 0.287. The Hall–Kier alpha value is -0.530. The fourth-order valence-electron chi connectivity index (χ4n) is 2.69. The van der Waals surface area contributed by atoms with Crippen molar-refractivity contribution >= 4 is 11.6 Å². The largest absolute Gasteiger partial charge is 0.304 e. The molecule has 13 heavy (non-hydrogen) atoms. The first-order valence-corrected chi connectivity index (χ1v) is 5.20. The smallest absolute Gasteiger partial charge is 0.0452 e. The SMILES string of the molecule is Clc1cccc(C23CCC(C2)N3)c1. The van der Waals surface area contributed by atoms with Gasteiger partial charge in [-0.15, -0.1) is 0 Å². The fourth-order valence-corrected chi connectivity index (χ4v) is 2.88. The zero-order valence-corrected chi connectivity index (χ0v) is 8.14. The van der Waals surface area contributed by atoms with Crippen molar-refractivity contribution in [1.82, 2.24) is 5.32 Å². The number of hydrogen-bond donors (Lipinski definition) is 1. The number of hydrogen-bond acceptors (Lipinski definition) is 1. The summed E-state index contributed by atoms with van der Waals surface area (Å²) in [7, 11) is 0. The van der Waals surface area contributed by atoms with Crippen LogP contribution in [-0.4, -0.2) is 6.04 Å². The number of fused-ring (bicyclic) bond motifs is 1. The molecule has 68 valence electrons. The third-order valence-corrected chi connectivity index (χ3v) is 3.61. The van der Waals surface area contributed by atoms with Gasteiger partial charge in [0.15, 0.2) is 0 Å². The molecule has 1 aliphatic carbocycles. The van der Waals surface area contributed by atoms with Crippen LogP contribution in [0.5, 0.6) is 0 Å². The van der Waals surface area contributed by atoms with Crippen LogP contribution in [0, 0.1) is 0 Å². The molecule has 0 radical (unpaired) electrons. The van der Waals surface area contributed by atoms with E-state index in [0.29, 0.717) is 0 Å². The summed E-state index contributed by atoms with van der Waals surface area (Å²) in [6.45, 7) is 0. The number of benzene rings is 1. The van der Waals surface area contributed by atoms with E-state index in [1.807, 2.05) is 12.1 Å². The van der Waals surface area contributed by atoms with E-state index in [1.54, 1.807) is 0 Å². The summed E-state index contributed by atoms with van der Waals surface area (Å²) in [5.74, 6) is 0. The molecule has 2 saturated heterocycles. The molecule has 0 aromatic heterocycles. The first-order valence-electron chi connectivity index (χ1n) is 4.82. The molecular formula is C11H12ClN. The lowest BCUT2D eigenvalue weighted by molar-refractivity contribution is 0.225. The van der Waals surface area contributed by atoms with Gasteiger partial charge in [-0.3, -0.25) is 0 Å². The van der Waals surface area contributed by atoms with Crippen molar-refractivity contribution in [2.75, 3.05) is 0 Å². The third-order valence-electron chi connectivity index (χ3n) is 3.37. The zero-order chi connectivity index (χ0) is 8.89. The maximum atomic E-state index is 5.97. The molecule has 1 nitrogen and oxygen atoms in total. The van der Waals surface area contributed by atoms with Crippen molar-refractivity contribution in [2.24, 2.45) is 0 Å². The van der Waals surface area contributed by atoms with Gasteiger partial charge in [-0.05, 0) is 37.0 Å². The summed E-state index contributed by atoms with van der Waals surface area (Å²) >= 11 is 5.97. The van der Waals surface area contributed by atoms with Gasteiger partial charge in [0.1, 0.15) is 0 Å². The molecule has 2 bridgehead atoms. The first kappa shape index (κ1) is 7.84. The minimum absolute atomic E-state index is 0.287. The monoisotopic (exact) mass is 193 g/mol. The maximum Gasteiger partial charge on any atom is 0.0452 e. The van der Waals surface area contributed by atoms with E-state index in [0.717, 1.165) is 11.1 Å². The highest BCUT2D eigenvalue weighted by Gasteiger charge is 2.50. The number of rotatable bonds is 1. The average molecular weight is 194 g/mol. The van der Waals surface area contributed by atoms with E-state index in [-0.39, 0.29) is 5.54 Å². The Morgan fingerprint density at radius 1 is 1.46 bits per heavy atom. The average Bonchev–Trinajstić information content (AvgIpc) is 2.61. The Morgan fingerprint density at radius 2 is 2.31 bits per heavy atom. The van der Waals surface area contributed by atoms with E-state index < -0.39 is 0 Å². The molecule has 2 atom stereocenters. The molecule has 0 spiro atoms. The summed E-state index contributed by atoms with van der Waals surface area (Å²) in [6.07, 6.45) is 3.90. The molecule has 1 N–H and O–H groups in total. The van der Waals surface area contributed by atoms with E-state index in [1.165, 1.54) is 24.8 Å². The molecule has 2 unspecified atom stereocenters. The molecular weight excluding hydrogens is 182 g/mol. The topological polar surface area (TPSA) is 12.0 Å².